The molecule has 1 atom stereocenters. The third-order valence-electron chi connectivity index (χ3n) is 2.96. The van der Waals surface area contributed by atoms with Crippen molar-refractivity contribution >= 4 is 12.0 Å². The molecule has 1 aromatic rings. The number of amides is 2. The van der Waals surface area contributed by atoms with E-state index >= 15 is 0 Å². The zero-order valence-corrected chi connectivity index (χ0v) is 10.6. The largest absolute Gasteiger partial charge is 0.388 e. The quantitative estimate of drug-likeness (QED) is 0.821. The first kappa shape index (κ1) is 12.8. The van der Waals surface area contributed by atoms with Gasteiger partial charge >= 0.3 is 12.0 Å². The van der Waals surface area contributed by atoms with Gasteiger partial charge < -0.3 is 14.5 Å². The number of β-amino-alcohol motifs (C(OH)–C–C–N with tert-alkyl or cyclic N) is 1. The van der Waals surface area contributed by atoms with Crippen LogP contribution in [0.25, 0.3) is 0 Å². The Morgan fingerprint density at radius 3 is 3.06 bits per heavy atom. The molecule has 0 radical (unpaired) electrons. The molecule has 7 nitrogen and oxygen atoms in total. The summed E-state index contributed by atoms with van der Waals surface area (Å²) in [5, 5.41) is 16.2. The maximum absolute atomic E-state index is 11.9. The van der Waals surface area contributed by atoms with E-state index in [1.807, 2.05) is 6.92 Å². The lowest BCUT2D eigenvalue weighted by Crippen LogP contribution is -2.50. The second-order valence-electron chi connectivity index (χ2n) is 4.82. The first-order chi connectivity index (χ1) is 8.50. The summed E-state index contributed by atoms with van der Waals surface area (Å²) in [5.41, 5.74) is -0.820. The predicted octanol–water partition coefficient (Wildman–Crippen LogP) is 1.01. The van der Waals surface area contributed by atoms with Gasteiger partial charge in [-0.2, -0.15) is 4.98 Å². The fraction of sp³-hybridized carbons (Fsp3) is 0.727. The van der Waals surface area contributed by atoms with Crippen molar-refractivity contribution in [1.29, 1.82) is 0 Å². The average molecular weight is 254 g/mol. The van der Waals surface area contributed by atoms with Crippen LogP contribution in [-0.2, 0) is 6.42 Å². The first-order valence-electron chi connectivity index (χ1n) is 6.11. The number of piperidine rings is 1. The van der Waals surface area contributed by atoms with Gasteiger partial charge in [-0.25, -0.2) is 4.79 Å². The number of aliphatic hydroxyl groups is 1. The smallest absolute Gasteiger partial charge is 0.329 e. The molecular formula is C11H18N4O3. The van der Waals surface area contributed by atoms with Crippen LogP contribution in [0.5, 0.6) is 0 Å². The second kappa shape index (κ2) is 4.93. The van der Waals surface area contributed by atoms with Gasteiger partial charge in [0.1, 0.15) is 0 Å². The number of likely N-dealkylation sites (tertiary alicyclic amines) is 1. The number of carbonyl (C=O) groups excluding carboxylic acids is 1. The molecular weight excluding hydrogens is 236 g/mol. The van der Waals surface area contributed by atoms with E-state index in [-0.39, 0.29) is 12.0 Å². The lowest BCUT2D eigenvalue weighted by atomic mass is 9.95. The van der Waals surface area contributed by atoms with Crippen LogP contribution in [0.2, 0.25) is 0 Å². The van der Waals surface area contributed by atoms with Crippen molar-refractivity contribution in [2.24, 2.45) is 0 Å². The number of hydrogen-bond acceptors (Lipinski definition) is 5. The minimum Gasteiger partial charge on any atom is -0.388 e. The fourth-order valence-electron chi connectivity index (χ4n) is 2.01. The lowest BCUT2D eigenvalue weighted by molar-refractivity contribution is -0.000717. The molecule has 1 aromatic heterocycles. The normalized spacial score (nSPS) is 24.1. The number of hydrogen-bond donors (Lipinski definition) is 2. The molecule has 0 aromatic carbocycles. The molecule has 2 heterocycles. The highest BCUT2D eigenvalue weighted by Gasteiger charge is 2.31. The number of carbonyl (C=O) groups is 1. The Kier molecular flexibility index (Phi) is 3.51. The Bertz CT molecular complexity index is 430. The Morgan fingerprint density at radius 2 is 2.44 bits per heavy atom. The maximum atomic E-state index is 11.9. The molecule has 1 aliphatic heterocycles. The average Bonchev–Trinajstić information content (AvgIpc) is 2.75. The summed E-state index contributed by atoms with van der Waals surface area (Å²) in [6, 6.07) is -0.219. The summed E-state index contributed by atoms with van der Waals surface area (Å²) in [4.78, 5) is 17.5. The predicted molar refractivity (Wildman–Crippen MR) is 64.1 cm³/mol. The monoisotopic (exact) mass is 254 g/mol. The van der Waals surface area contributed by atoms with E-state index in [9.17, 15) is 9.90 Å². The highest BCUT2D eigenvalue weighted by Crippen LogP contribution is 2.20. The number of anilines is 1. The summed E-state index contributed by atoms with van der Waals surface area (Å²) in [6.45, 7) is 4.57. The zero-order chi connectivity index (χ0) is 13.2. The van der Waals surface area contributed by atoms with Crippen LogP contribution >= 0.6 is 0 Å². The molecule has 0 saturated carbocycles. The third-order valence-corrected chi connectivity index (χ3v) is 2.96. The van der Waals surface area contributed by atoms with Crippen molar-refractivity contribution in [3.63, 3.8) is 0 Å². The topological polar surface area (TPSA) is 91.5 Å². The standard InChI is InChI=1S/C11H18N4O3/c1-3-8-12-9(18-14-8)13-10(16)15-6-4-5-11(2,17)7-15/h17H,3-7H2,1-2H3,(H,12,13,14,16). The van der Waals surface area contributed by atoms with Crippen molar-refractivity contribution in [3.05, 3.63) is 5.82 Å². The number of nitrogens with zero attached hydrogens (tertiary/aromatic N) is 3. The van der Waals surface area contributed by atoms with Gasteiger partial charge in [0.05, 0.1) is 12.1 Å². The molecule has 1 saturated heterocycles. The molecule has 0 aliphatic carbocycles. The van der Waals surface area contributed by atoms with Crippen molar-refractivity contribution in [3.8, 4) is 0 Å². The molecule has 2 N–H and O–H groups in total. The van der Waals surface area contributed by atoms with Gasteiger partial charge in [0.25, 0.3) is 0 Å². The molecule has 100 valence electrons. The van der Waals surface area contributed by atoms with Crippen molar-refractivity contribution in [2.75, 3.05) is 18.4 Å². The minimum absolute atomic E-state index is 0.0991. The Morgan fingerprint density at radius 1 is 1.67 bits per heavy atom. The van der Waals surface area contributed by atoms with Crippen molar-refractivity contribution in [2.45, 2.75) is 38.7 Å². The Balaban J connectivity index is 1.95. The summed E-state index contributed by atoms with van der Waals surface area (Å²) in [7, 11) is 0. The lowest BCUT2D eigenvalue weighted by Gasteiger charge is -2.36. The SMILES string of the molecule is CCc1noc(NC(=O)N2CCCC(C)(O)C2)n1. The van der Waals surface area contributed by atoms with E-state index < -0.39 is 5.60 Å². The third kappa shape index (κ3) is 2.98. The highest BCUT2D eigenvalue weighted by atomic mass is 16.5. The van der Waals surface area contributed by atoms with E-state index in [0.29, 0.717) is 31.8 Å². The van der Waals surface area contributed by atoms with Crippen LogP contribution in [-0.4, -0.2) is 44.9 Å². The van der Waals surface area contributed by atoms with Gasteiger partial charge in [0.15, 0.2) is 5.82 Å². The second-order valence-corrected chi connectivity index (χ2v) is 4.82. The number of rotatable bonds is 2. The van der Waals surface area contributed by atoms with Gasteiger partial charge in [0.2, 0.25) is 0 Å². The Hall–Kier alpha value is -1.63. The maximum Gasteiger partial charge on any atom is 0.329 e. The van der Waals surface area contributed by atoms with Crippen molar-refractivity contribution in [1.82, 2.24) is 15.0 Å². The zero-order valence-electron chi connectivity index (χ0n) is 10.6. The molecule has 2 rings (SSSR count). The van der Waals surface area contributed by atoms with E-state index in [4.69, 9.17) is 4.52 Å². The van der Waals surface area contributed by atoms with Crippen molar-refractivity contribution < 1.29 is 14.4 Å². The Labute approximate surface area is 105 Å². The fourth-order valence-corrected chi connectivity index (χ4v) is 2.01. The number of urea groups is 1. The van der Waals surface area contributed by atoms with E-state index in [1.54, 1.807) is 11.8 Å². The van der Waals surface area contributed by atoms with Gasteiger partial charge in [-0.3, -0.25) is 5.32 Å². The summed E-state index contributed by atoms with van der Waals surface area (Å²) >= 11 is 0. The van der Waals surface area contributed by atoms with Crippen LogP contribution < -0.4 is 5.32 Å². The number of aryl methyl sites for hydroxylation is 1. The van der Waals surface area contributed by atoms with E-state index in [2.05, 4.69) is 15.5 Å². The van der Waals surface area contributed by atoms with E-state index in [1.165, 1.54) is 0 Å². The highest BCUT2D eigenvalue weighted by molar-refractivity contribution is 5.87. The summed E-state index contributed by atoms with van der Waals surface area (Å²) in [5.74, 6) is 0.552. The van der Waals surface area contributed by atoms with Gasteiger partial charge in [-0.15, -0.1) is 0 Å². The first-order valence-corrected chi connectivity index (χ1v) is 6.11. The molecule has 1 fully saturated rings. The molecule has 18 heavy (non-hydrogen) atoms. The van der Waals surface area contributed by atoms with E-state index in [0.717, 1.165) is 6.42 Å². The molecule has 1 unspecified atom stereocenters. The van der Waals surface area contributed by atoms with Gasteiger partial charge in [-0.1, -0.05) is 12.1 Å². The molecule has 2 amide bonds. The molecule has 0 spiro atoms. The molecule has 0 bridgehead atoms. The number of nitrogens with one attached hydrogen (secondary N) is 1. The molecule has 1 aliphatic rings. The van der Waals surface area contributed by atoms with Crippen LogP contribution in [0.4, 0.5) is 10.8 Å². The van der Waals surface area contributed by atoms with Gasteiger partial charge in [0, 0.05) is 13.0 Å². The van der Waals surface area contributed by atoms with Crippen LogP contribution in [0.1, 0.15) is 32.5 Å². The van der Waals surface area contributed by atoms with Crippen LogP contribution in [0, 0.1) is 0 Å². The van der Waals surface area contributed by atoms with Crippen LogP contribution in [0.3, 0.4) is 0 Å². The summed E-state index contributed by atoms with van der Waals surface area (Å²) in [6.07, 6.45) is 2.14. The summed E-state index contributed by atoms with van der Waals surface area (Å²) < 4.78 is 4.89. The van der Waals surface area contributed by atoms with Gasteiger partial charge in [-0.05, 0) is 19.8 Å². The minimum atomic E-state index is -0.820. The number of aromatic nitrogens is 2. The molecule has 7 heteroatoms. The van der Waals surface area contributed by atoms with Crippen LogP contribution in [0.15, 0.2) is 4.52 Å².